The molecule has 4 aromatic rings. The number of halogens is 1. The Bertz CT molecular complexity index is 1630. The minimum absolute atomic E-state index is 0.373. The molecule has 1 aliphatic rings. The Labute approximate surface area is 248 Å². The summed E-state index contributed by atoms with van der Waals surface area (Å²) in [6.45, 7) is 11.0. The number of nitrogens with zero attached hydrogens (tertiary/aromatic N) is 4. The molecular formula is C29H34B3ClN4O4. The summed E-state index contributed by atoms with van der Waals surface area (Å²) in [6.07, 6.45) is 2.16. The molecule has 0 radical (unpaired) electrons. The van der Waals surface area contributed by atoms with Crippen LogP contribution >= 0.6 is 11.6 Å². The van der Waals surface area contributed by atoms with Crippen LogP contribution in [0.5, 0.6) is 5.75 Å². The molecule has 5 rings (SSSR count). The van der Waals surface area contributed by atoms with E-state index in [0.717, 1.165) is 45.5 Å². The summed E-state index contributed by atoms with van der Waals surface area (Å²) in [6, 6.07) is 9.65. The van der Waals surface area contributed by atoms with Gasteiger partial charge < -0.3 is 24.0 Å². The summed E-state index contributed by atoms with van der Waals surface area (Å²) < 4.78 is 14.5. The van der Waals surface area contributed by atoms with Crippen molar-refractivity contribution in [3.8, 4) is 16.9 Å². The van der Waals surface area contributed by atoms with Gasteiger partial charge in [0.25, 0.3) is 0 Å². The monoisotopic (exact) mass is 570 g/mol. The van der Waals surface area contributed by atoms with Gasteiger partial charge in [-0.05, 0) is 69.5 Å². The largest absolute Gasteiger partial charge is 0.511 e. The number of hydrogen-bond acceptors (Lipinski definition) is 6. The van der Waals surface area contributed by atoms with Crippen LogP contribution in [0.1, 0.15) is 43.7 Å². The minimum Gasteiger partial charge on any atom is -0.511 e. The predicted molar refractivity (Wildman–Crippen MR) is 171 cm³/mol. The molecule has 0 saturated carbocycles. The highest BCUT2D eigenvalue weighted by molar-refractivity contribution is 6.58. The maximum absolute atomic E-state index is 12.9. The third-order valence-corrected chi connectivity index (χ3v) is 7.27. The summed E-state index contributed by atoms with van der Waals surface area (Å²) in [5.74, 6) is 0.0560. The highest BCUT2D eigenvalue weighted by atomic mass is 35.5. The molecule has 0 saturated heterocycles. The average Bonchev–Trinajstić information content (AvgIpc) is 3.20. The van der Waals surface area contributed by atoms with E-state index < -0.39 is 17.7 Å². The molecule has 12 heteroatoms. The number of benzene rings is 2. The van der Waals surface area contributed by atoms with Crippen molar-refractivity contribution in [2.24, 2.45) is 0 Å². The molecule has 1 N–H and O–H groups in total. The van der Waals surface area contributed by atoms with Crippen LogP contribution in [-0.4, -0.2) is 66.6 Å². The van der Waals surface area contributed by atoms with Gasteiger partial charge in [0.15, 0.2) is 11.9 Å². The van der Waals surface area contributed by atoms with Gasteiger partial charge in [-0.25, -0.2) is 14.8 Å². The fourth-order valence-electron chi connectivity index (χ4n) is 5.59. The van der Waals surface area contributed by atoms with Crippen LogP contribution in [0.2, 0.25) is 5.02 Å². The summed E-state index contributed by atoms with van der Waals surface area (Å²) in [5.41, 5.74) is 5.38. The standard InChI is InChI=1S/C29H34B3ClN4O4/c1-15-12-20-22(17-6-8-18(33)9-7-17)21(25(26(38)39)41-28(3,4)5)16(2)23-24(20)36(15)10-11-37(23)27-34-13-19(14-35-27)40-29(30,31)32/h6-9,12-14,25H,10-11,30-32H2,1-5H3,(H,38,39)/t25-/m0/s1. The molecule has 8 nitrogen and oxygen atoms in total. The van der Waals surface area contributed by atoms with Gasteiger partial charge in [0.2, 0.25) is 5.95 Å². The first-order chi connectivity index (χ1) is 19.1. The van der Waals surface area contributed by atoms with E-state index in [2.05, 4.69) is 32.4 Å². The molecule has 2 aromatic carbocycles. The number of aryl methyl sites for hydroxylation is 1. The maximum atomic E-state index is 12.9. The third-order valence-electron chi connectivity index (χ3n) is 7.01. The lowest BCUT2D eigenvalue weighted by molar-refractivity contribution is -0.160. The van der Waals surface area contributed by atoms with Crippen LogP contribution < -0.4 is 9.64 Å². The molecule has 0 amide bonds. The van der Waals surface area contributed by atoms with Crippen LogP contribution in [0.3, 0.4) is 0 Å². The Balaban J connectivity index is 1.80. The van der Waals surface area contributed by atoms with Gasteiger partial charge in [-0.15, -0.1) is 0 Å². The highest BCUT2D eigenvalue weighted by Crippen LogP contribution is 2.49. The summed E-state index contributed by atoms with van der Waals surface area (Å²) in [4.78, 5) is 24.3. The smallest absolute Gasteiger partial charge is 0.337 e. The topological polar surface area (TPSA) is 89.7 Å². The minimum atomic E-state index is -1.21. The molecule has 0 aliphatic carbocycles. The number of ether oxygens (including phenoxy) is 2. The lowest BCUT2D eigenvalue weighted by Gasteiger charge is -2.35. The van der Waals surface area contributed by atoms with E-state index in [4.69, 9.17) is 21.1 Å². The number of hydrogen-bond donors (Lipinski definition) is 1. The van der Waals surface area contributed by atoms with Crippen LogP contribution in [0, 0.1) is 13.8 Å². The van der Waals surface area contributed by atoms with Gasteiger partial charge in [0.05, 0.1) is 29.2 Å². The zero-order valence-corrected chi connectivity index (χ0v) is 25.6. The SMILES string of the molecule is BC(B)(B)Oc1cnc(N2CCn3c(C)cc4c(-c5ccc(Cl)cc5)c([C@H](OC(C)(C)C)C(=O)O)c(C)c2c43)nc1. The number of carboxylic acid groups (broad SMARTS) is 1. The summed E-state index contributed by atoms with van der Waals surface area (Å²) in [7, 11) is 5.93. The van der Waals surface area contributed by atoms with E-state index in [1.807, 2.05) is 75.5 Å². The van der Waals surface area contributed by atoms with E-state index in [9.17, 15) is 9.90 Å². The normalized spacial score (nSPS) is 14.3. The second kappa shape index (κ2) is 10.4. The molecule has 0 spiro atoms. The quantitative estimate of drug-likeness (QED) is 0.341. The molecule has 0 unspecified atom stereocenters. The molecule has 3 heterocycles. The van der Waals surface area contributed by atoms with Crippen LogP contribution in [0.4, 0.5) is 11.6 Å². The Kier molecular flexibility index (Phi) is 7.41. The van der Waals surface area contributed by atoms with Crippen molar-refractivity contribution in [3.63, 3.8) is 0 Å². The highest BCUT2D eigenvalue weighted by Gasteiger charge is 2.36. The van der Waals surface area contributed by atoms with Crippen molar-refractivity contribution in [2.75, 3.05) is 11.4 Å². The Morgan fingerprint density at radius 3 is 2.27 bits per heavy atom. The molecular weight excluding hydrogens is 536 g/mol. The van der Waals surface area contributed by atoms with Gasteiger partial charge in [0, 0.05) is 40.1 Å². The van der Waals surface area contributed by atoms with Gasteiger partial charge in [-0.1, -0.05) is 23.7 Å². The average molecular weight is 571 g/mol. The fourth-order valence-corrected chi connectivity index (χ4v) is 5.71. The van der Waals surface area contributed by atoms with Crippen molar-refractivity contribution in [1.29, 1.82) is 0 Å². The lowest BCUT2D eigenvalue weighted by atomic mass is 9.52. The number of carboxylic acids is 1. The Hall–Kier alpha value is -3.43. The third kappa shape index (κ3) is 5.70. The van der Waals surface area contributed by atoms with Crippen LogP contribution in [0.15, 0.2) is 42.7 Å². The van der Waals surface area contributed by atoms with Crippen LogP contribution in [-0.2, 0) is 16.1 Å². The van der Waals surface area contributed by atoms with E-state index in [1.165, 1.54) is 0 Å². The summed E-state index contributed by atoms with van der Waals surface area (Å²) in [5, 5.41) is 11.7. The molecule has 0 fully saturated rings. The van der Waals surface area contributed by atoms with E-state index in [-0.39, 0.29) is 5.30 Å². The molecule has 41 heavy (non-hydrogen) atoms. The Morgan fingerprint density at radius 2 is 1.71 bits per heavy atom. The van der Waals surface area contributed by atoms with Crippen molar-refractivity contribution in [1.82, 2.24) is 14.5 Å². The molecule has 1 aliphatic heterocycles. The molecule has 1 atom stereocenters. The Morgan fingerprint density at radius 1 is 1.07 bits per heavy atom. The van der Waals surface area contributed by atoms with E-state index >= 15 is 0 Å². The van der Waals surface area contributed by atoms with E-state index in [1.54, 1.807) is 12.4 Å². The van der Waals surface area contributed by atoms with Gasteiger partial charge in [-0.3, -0.25) is 0 Å². The second-order valence-electron chi connectivity index (χ2n) is 12.5. The van der Waals surface area contributed by atoms with Gasteiger partial charge in [0.1, 0.15) is 23.5 Å². The zero-order chi connectivity index (χ0) is 29.9. The number of aliphatic carboxylic acids is 1. The van der Waals surface area contributed by atoms with Gasteiger partial charge in [-0.2, -0.15) is 0 Å². The summed E-state index contributed by atoms with van der Waals surface area (Å²) >= 11 is 6.26. The number of aromatic nitrogens is 3. The van der Waals surface area contributed by atoms with E-state index in [0.29, 0.717) is 28.8 Å². The molecule has 2 aromatic heterocycles. The first-order valence-corrected chi connectivity index (χ1v) is 14.1. The van der Waals surface area contributed by atoms with Crippen molar-refractivity contribution < 1.29 is 19.4 Å². The zero-order valence-electron chi connectivity index (χ0n) is 24.9. The van der Waals surface area contributed by atoms with Gasteiger partial charge >= 0.3 is 5.97 Å². The molecule has 210 valence electrons. The second-order valence-corrected chi connectivity index (χ2v) is 12.9. The van der Waals surface area contributed by atoms with Crippen molar-refractivity contribution >= 4 is 63.6 Å². The predicted octanol–water partition coefficient (Wildman–Crippen LogP) is 3.35. The lowest BCUT2D eigenvalue weighted by Crippen LogP contribution is -2.37. The van der Waals surface area contributed by atoms with Crippen molar-refractivity contribution in [2.45, 2.75) is 58.2 Å². The number of rotatable bonds is 7. The first-order valence-electron chi connectivity index (χ1n) is 13.8. The maximum Gasteiger partial charge on any atom is 0.337 e. The molecule has 0 bridgehead atoms. The van der Waals surface area contributed by atoms with Crippen molar-refractivity contribution in [3.05, 3.63) is 64.6 Å². The first kappa shape index (κ1) is 29.1. The fraction of sp³-hybridized carbons (Fsp3) is 0.345. The number of carbonyl (C=O) groups is 1. The van der Waals surface area contributed by atoms with Crippen LogP contribution in [0.25, 0.3) is 22.0 Å². The number of anilines is 2.